The molecule has 0 amide bonds. The number of anilines is 4. The Bertz CT molecular complexity index is 820. The fraction of sp³-hybridized carbons (Fsp3) is 0.412. The number of hydrogen-bond donors (Lipinski definition) is 3. The third kappa shape index (κ3) is 3.99. The Morgan fingerprint density at radius 3 is 2.81 bits per heavy atom. The van der Waals surface area contributed by atoms with Crippen LogP contribution in [0.2, 0.25) is 0 Å². The summed E-state index contributed by atoms with van der Waals surface area (Å²) in [6.45, 7) is 5.24. The van der Waals surface area contributed by atoms with Gasteiger partial charge in [0.2, 0.25) is 17.6 Å². The molecular formula is C17H22N6O3. The number of nitro groups is 1. The minimum Gasteiger partial charge on any atom is -0.378 e. The van der Waals surface area contributed by atoms with Crippen LogP contribution >= 0.6 is 0 Å². The highest BCUT2D eigenvalue weighted by Crippen LogP contribution is 2.31. The molecular weight excluding hydrogens is 336 g/mol. The maximum atomic E-state index is 11.4. The molecule has 1 aliphatic rings. The fourth-order valence-corrected chi connectivity index (χ4v) is 2.78. The normalized spacial score (nSPS) is 16.5. The van der Waals surface area contributed by atoms with Gasteiger partial charge in [-0.15, -0.1) is 0 Å². The van der Waals surface area contributed by atoms with Crippen LogP contribution in [0.5, 0.6) is 0 Å². The van der Waals surface area contributed by atoms with Crippen molar-refractivity contribution in [1.82, 2.24) is 9.97 Å². The fourth-order valence-electron chi connectivity index (χ4n) is 2.78. The van der Waals surface area contributed by atoms with Crippen LogP contribution in [0.1, 0.15) is 24.0 Å². The van der Waals surface area contributed by atoms with Gasteiger partial charge in [-0.25, -0.2) is 0 Å². The third-order valence-electron chi connectivity index (χ3n) is 4.38. The first kappa shape index (κ1) is 17.9. The van der Waals surface area contributed by atoms with Crippen molar-refractivity contribution in [2.75, 3.05) is 29.5 Å². The Kier molecular flexibility index (Phi) is 5.17. The van der Waals surface area contributed by atoms with Gasteiger partial charge in [0.05, 0.1) is 11.0 Å². The van der Waals surface area contributed by atoms with E-state index >= 15 is 0 Å². The van der Waals surface area contributed by atoms with Crippen molar-refractivity contribution in [1.29, 1.82) is 0 Å². The largest absolute Gasteiger partial charge is 0.378 e. The van der Waals surface area contributed by atoms with E-state index in [1.165, 1.54) is 0 Å². The second-order valence-electron chi connectivity index (χ2n) is 6.33. The van der Waals surface area contributed by atoms with E-state index in [0.29, 0.717) is 12.2 Å². The summed E-state index contributed by atoms with van der Waals surface area (Å²) in [6, 6.07) is 5.67. The molecule has 1 fully saturated rings. The van der Waals surface area contributed by atoms with Crippen molar-refractivity contribution >= 4 is 29.0 Å². The van der Waals surface area contributed by atoms with Crippen LogP contribution in [-0.2, 0) is 4.74 Å². The number of aryl methyl sites for hydroxylation is 2. The second kappa shape index (κ2) is 7.52. The minimum atomic E-state index is -0.581. The van der Waals surface area contributed by atoms with E-state index in [-0.39, 0.29) is 29.4 Å². The number of hydrogen-bond acceptors (Lipinski definition) is 8. The third-order valence-corrected chi connectivity index (χ3v) is 4.38. The molecule has 9 nitrogen and oxygen atoms in total. The Morgan fingerprint density at radius 2 is 2.15 bits per heavy atom. The van der Waals surface area contributed by atoms with E-state index in [9.17, 15) is 10.1 Å². The second-order valence-corrected chi connectivity index (χ2v) is 6.33. The molecule has 26 heavy (non-hydrogen) atoms. The van der Waals surface area contributed by atoms with Crippen molar-refractivity contribution < 1.29 is 9.66 Å². The summed E-state index contributed by atoms with van der Waals surface area (Å²) in [5.74, 6) is 0.0988. The van der Waals surface area contributed by atoms with Gasteiger partial charge in [0.15, 0.2) is 0 Å². The van der Waals surface area contributed by atoms with Gasteiger partial charge < -0.3 is 21.1 Å². The first-order valence-electron chi connectivity index (χ1n) is 8.45. The number of nitrogens with one attached hydrogen (secondary N) is 2. The first-order chi connectivity index (χ1) is 12.4. The number of benzene rings is 1. The summed E-state index contributed by atoms with van der Waals surface area (Å²) in [7, 11) is 0. The number of ether oxygens (including phenoxy) is 1. The Labute approximate surface area is 151 Å². The lowest BCUT2D eigenvalue weighted by Gasteiger charge is -2.13. The van der Waals surface area contributed by atoms with Gasteiger partial charge >= 0.3 is 5.69 Å². The highest BCUT2D eigenvalue weighted by molar-refractivity contribution is 5.74. The number of aromatic nitrogens is 2. The average Bonchev–Trinajstić information content (AvgIpc) is 3.09. The highest BCUT2D eigenvalue weighted by atomic mass is 16.6. The van der Waals surface area contributed by atoms with Crippen molar-refractivity contribution in [3.8, 4) is 0 Å². The molecule has 0 spiro atoms. The summed E-state index contributed by atoms with van der Waals surface area (Å²) >= 11 is 0. The molecule has 9 heteroatoms. The SMILES string of the molecule is Cc1ccc(Nc2nc(NC[C@H]3CCCO3)nc(N)c2[N+](=O)[O-])cc1C. The average molecular weight is 358 g/mol. The lowest BCUT2D eigenvalue weighted by atomic mass is 10.1. The molecule has 3 rings (SSSR count). The van der Waals surface area contributed by atoms with E-state index < -0.39 is 4.92 Å². The van der Waals surface area contributed by atoms with Crippen LogP contribution in [0.4, 0.5) is 29.0 Å². The molecule has 4 N–H and O–H groups in total. The van der Waals surface area contributed by atoms with Crippen LogP contribution in [0.15, 0.2) is 18.2 Å². The van der Waals surface area contributed by atoms with Crippen molar-refractivity contribution in [3.63, 3.8) is 0 Å². The standard InChI is InChI=1S/C17H22N6O3/c1-10-5-6-12(8-11(10)2)20-16-14(23(24)25)15(18)21-17(22-16)19-9-13-4-3-7-26-13/h5-6,8,13H,3-4,7,9H2,1-2H3,(H4,18,19,20,21,22)/t13-/m1/s1. The van der Waals surface area contributed by atoms with Crippen LogP contribution in [-0.4, -0.2) is 34.1 Å². The molecule has 2 aromatic rings. The van der Waals surface area contributed by atoms with Gasteiger partial charge in [-0.05, 0) is 49.9 Å². The van der Waals surface area contributed by atoms with Gasteiger partial charge in [0.1, 0.15) is 0 Å². The summed E-state index contributed by atoms with van der Waals surface area (Å²) in [4.78, 5) is 19.1. The van der Waals surface area contributed by atoms with Gasteiger partial charge in [0.25, 0.3) is 0 Å². The van der Waals surface area contributed by atoms with Gasteiger partial charge in [0, 0.05) is 18.8 Å². The number of rotatable bonds is 6. The first-order valence-corrected chi connectivity index (χ1v) is 8.45. The Balaban J connectivity index is 1.87. The number of nitrogens with two attached hydrogens (primary N) is 1. The molecule has 0 bridgehead atoms. The van der Waals surface area contributed by atoms with Crippen molar-refractivity contribution in [2.45, 2.75) is 32.8 Å². The van der Waals surface area contributed by atoms with Crippen LogP contribution in [0, 0.1) is 24.0 Å². The van der Waals surface area contributed by atoms with E-state index in [4.69, 9.17) is 10.5 Å². The van der Waals surface area contributed by atoms with E-state index in [1.807, 2.05) is 32.0 Å². The van der Waals surface area contributed by atoms with Crippen LogP contribution < -0.4 is 16.4 Å². The smallest absolute Gasteiger partial charge is 0.353 e. The summed E-state index contributed by atoms with van der Waals surface area (Å²) in [5.41, 5.74) is 8.36. The topological polar surface area (TPSA) is 128 Å². The molecule has 1 atom stereocenters. The Morgan fingerprint density at radius 1 is 1.35 bits per heavy atom. The number of nitrogens with zero attached hydrogens (tertiary/aromatic N) is 3. The zero-order valence-electron chi connectivity index (χ0n) is 14.8. The molecule has 1 aromatic heterocycles. The molecule has 1 saturated heterocycles. The Hall–Kier alpha value is -2.94. The predicted molar refractivity (Wildman–Crippen MR) is 99.8 cm³/mol. The van der Waals surface area contributed by atoms with E-state index in [2.05, 4.69) is 20.6 Å². The lowest BCUT2D eigenvalue weighted by Crippen LogP contribution is -2.20. The number of nitrogen functional groups attached to an aromatic ring is 1. The molecule has 0 aliphatic carbocycles. The van der Waals surface area contributed by atoms with E-state index in [0.717, 1.165) is 30.6 Å². The predicted octanol–water partition coefficient (Wildman–Crippen LogP) is 2.92. The quantitative estimate of drug-likeness (QED) is 0.531. The summed E-state index contributed by atoms with van der Waals surface area (Å²) in [5, 5.41) is 17.4. The van der Waals surface area contributed by atoms with Crippen LogP contribution in [0.25, 0.3) is 0 Å². The molecule has 0 radical (unpaired) electrons. The zero-order chi connectivity index (χ0) is 18.7. The molecule has 1 aliphatic heterocycles. The molecule has 0 unspecified atom stereocenters. The highest BCUT2D eigenvalue weighted by Gasteiger charge is 2.24. The molecule has 1 aromatic carbocycles. The maximum Gasteiger partial charge on any atom is 0.353 e. The molecule has 138 valence electrons. The minimum absolute atomic E-state index is 0.0561. The van der Waals surface area contributed by atoms with Gasteiger partial charge in [-0.3, -0.25) is 10.1 Å². The van der Waals surface area contributed by atoms with E-state index in [1.54, 1.807) is 0 Å². The van der Waals surface area contributed by atoms with Gasteiger partial charge in [-0.2, -0.15) is 9.97 Å². The van der Waals surface area contributed by atoms with Crippen molar-refractivity contribution in [3.05, 3.63) is 39.4 Å². The maximum absolute atomic E-state index is 11.4. The van der Waals surface area contributed by atoms with Gasteiger partial charge in [-0.1, -0.05) is 6.07 Å². The van der Waals surface area contributed by atoms with Crippen LogP contribution in [0.3, 0.4) is 0 Å². The summed E-state index contributed by atoms with van der Waals surface area (Å²) < 4.78 is 5.54. The van der Waals surface area contributed by atoms with Crippen molar-refractivity contribution in [2.24, 2.45) is 0 Å². The summed E-state index contributed by atoms with van der Waals surface area (Å²) in [6.07, 6.45) is 2.07. The molecule has 0 saturated carbocycles. The zero-order valence-corrected chi connectivity index (χ0v) is 14.8. The molecule has 2 heterocycles. The monoisotopic (exact) mass is 358 g/mol. The lowest BCUT2D eigenvalue weighted by molar-refractivity contribution is -0.383.